The molecule has 0 unspecified atom stereocenters. The molecule has 0 saturated carbocycles. The molecule has 2 aromatic rings. The largest absolute Gasteiger partial charge is 0.392 e. The summed E-state index contributed by atoms with van der Waals surface area (Å²) in [7, 11) is 0. The van der Waals surface area contributed by atoms with Gasteiger partial charge in [-0.2, -0.15) is 0 Å². The van der Waals surface area contributed by atoms with Gasteiger partial charge in [-0.1, -0.05) is 12.1 Å². The molecular formula is C13H12FNO. The van der Waals surface area contributed by atoms with Crippen molar-refractivity contribution in [1.29, 1.82) is 0 Å². The molecule has 1 aromatic carbocycles. The zero-order valence-corrected chi connectivity index (χ0v) is 8.94. The van der Waals surface area contributed by atoms with Crippen LogP contribution in [0.4, 0.5) is 4.39 Å². The van der Waals surface area contributed by atoms with E-state index >= 15 is 0 Å². The van der Waals surface area contributed by atoms with Crippen LogP contribution in [0.25, 0.3) is 11.1 Å². The predicted octanol–water partition coefficient (Wildman–Crippen LogP) is 2.69. The molecule has 0 amide bonds. The first-order valence-corrected chi connectivity index (χ1v) is 5.03. The number of aromatic nitrogens is 1. The molecule has 0 aliphatic carbocycles. The van der Waals surface area contributed by atoms with Gasteiger partial charge in [0.25, 0.3) is 0 Å². The molecule has 0 atom stereocenters. The first-order chi connectivity index (χ1) is 7.74. The predicted molar refractivity (Wildman–Crippen MR) is 60.3 cm³/mol. The average Bonchev–Trinajstić information content (AvgIpc) is 2.33. The van der Waals surface area contributed by atoms with E-state index in [9.17, 15) is 9.50 Å². The summed E-state index contributed by atoms with van der Waals surface area (Å²) in [6.45, 7) is 1.65. The minimum atomic E-state index is -0.245. The normalized spacial score (nSPS) is 10.4. The number of hydrogen-bond acceptors (Lipinski definition) is 2. The summed E-state index contributed by atoms with van der Waals surface area (Å²) in [4.78, 5) is 4.01. The molecule has 2 rings (SSSR count). The second-order valence-corrected chi connectivity index (χ2v) is 3.60. The van der Waals surface area contributed by atoms with Crippen LogP contribution in [0.5, 0.6) is 0 Å². The Labute approximate surface area is 93.4 Å². The van der Waals surface area contributed by atoms with Crippen molar-refractivity contribution in [3.63, 3.8) is 0 Å². The molecular weight excluding hydrogens is 205 g/mol. The summed E-state index contributed by atoms with van der Waals surface area (Å²) in [5, 5.41) is 9.22. The summed E-state index contributed by atoms with van der Waals surface area (Å²) >= 11 is 0. The van der Waals surface area contributed by atoms with Crippen LogP contribution < -0.4 is 0 Å². The number of halogens is 1. The third kappa shape index (κ3) is 1.82. The zero-order valence-electron chi connectivity index (χ0n) is 8.94. The van der Waals surface area contributed by atoms with Crippen molar-refractivity contribution in [1.82, 2.24) is 4.98 Å². The van der Waals surface area contributed by atoms with Gasteiger partial charge in [0.15, 0.2) is 0 Å². The fraction of sp³-hybridized carbons (Fsp3) is 0.154. The molecule has 16 heavy (non-hydrogen) atoms. The third-order valence-electron chi connectivity index (χ3n) is 2.64. The average molecular weight is 217 g/mol. The molecule has 0 aliphatic heterocycles. The Kier molecular flexibility index (Phi) is 2.97. The number of benzene rings is 1. The number of aliphatic hydroxyl groups excluding tert-OH is 1. The highest BCUT2D eigenvalue weighted by Gasteiger charge is 2.09. The van der Waals surface area contributed by atoms with Crippen LogP contribution in [0.2, 0.25) is 0 Å². The molecule has 1 aromatic heterocycles. The van der Waals surface area contributed by atoms with Crippen LogP contribution in [0.15, 0.2) is 36.7 Å². The second kappa shape index (κ2) is 4.41. The minimum absolute atomic E-state index is 0.0756. The van der Waals surface area contributed by atoms with Crippen molar-refractivity contribution in [3.8, 4) is 11.1 Å². The molecule has 1 heterocycles. The van der Waals surface area contributed by atoms with Crippen molar-refractivity contribution >= 4 is 0 Å². The van der Waals surface area contributed by atoms with E-state index in [4.69, 9.17) is 0 Å². The summed E-state index contributed by atoms with van der Waals surface area (Å²) in [5.74, 6) is -0.245. The number of rotatable bonds is 2. The fourth-order valence-electron chi connectivity index (χ4n) is 1.70. The summed E-state index contributed by atoms with van der Waals surface area (Å²) < 4.78 is 13.4. The van der Waals surface area contributed by atoms with Gasteiger partial charge in [0.1, 0.15) is 5.82 Å². The lowest BCUT2D eigenvalue weighted by molar-refractivity contribution is 0.282. The van der Waals surface area contributed by atoms with Crippen LogP contribution in [-0.4, -0.2) is 10.1 Å². The standard InChI is InChI=1S/C13H12FNO/c1-9-11(3-2-4-13(9)14)12-7-15-6-5-10(12)8-16/h2-7,16H,8H2,1H3. The van der Waals surface area contributed by atoms with Crippen LogP contribution in [-0.2, 0) is 6.61 Å². The van der Waals surface area contributed by atoms with E-state index in [-0.39, 0.29) is 12.4 Å². The van der Waals surface area contributed by atoms with E-state index < -0.39 is 0 Å². The van der Waals surface area contributed by atoms with Crippen molar-refractivity contribution in [3.05, 3.63) is 53.6 Å². The number of pyridine rings is 1. The first-order valence-electron chi connectivity index (χ1n) is 5.03. The Morgan fingerprint density at radius 3 is 2.81 bits per heavy atom. The van der Waals surface area contributed by atoms with Gasteiger partial charge in [0, 0.05) is 18.0 Å². The van der Waals surface area contributed by atoms with Gasteiger partial charge in [-0.15, -0.1) is 0 Å². The van der Waals surface area contributed by atoms with Crippen LogP contribution >= 0.6 is 0 Å². The Morgan fingerprint density at radius 2 is 2.06 bits per heavy atom. The molecule has 82 valence electrons. The summed E-state index contributed by atoms with van der Waals surface area (Å²) in [6, 6.07) is 6.65. The maximum Gasteiger partial charge on any atom is 0.126 e. The molecule has 3 heteroatoms. The SMILES string of the molecule is Cc1c(F)cccc1-c1cnccc1CO. The van der Waals surface area contributed by atoms with Gasteiger partial charge in [0.2, 0.25) is 0 Å². The fourth-order valence-corrected chi connectivity index (χ4v) is 1.70. The van der Waals surface area contributed by atoms with E-state index in [1.807, 2.05) is 6.07 Å². The lowest BCUT2D eigenvalue weighted by atomic mass is 9.98. The van der Waals surface area contributed by atoms with Crippen LogP contribution in [0.1, 0.15) is 11.1 Å². The van der Waals surface area contributed by atoms with E-state index in [0.717, 1.165) is 16.7 Å². The van der Waals surface area contributed by atoms with Gasteiger partial charge in [-0.25, -0.2) is 4.39 Å². The molecule has 1 N–H and O–H groups in total. The van der Waals surface area contributed by atoms with E-state index in [0.29, 0.717) is 5.56 Å². The Balaban J connectivity index is 2.63. The van der Waals surface area contributed by atoms with Crippen LogP contribution in [0.3, 0.4) is 0 Å². The zero-order chi connectivity index (χ0) is 11.5. The molecule has 0 saturated heterocycles. The van der Waals surface area contributed by atoms with Gasteiger partial charge >= 0.3 is 0 Å². The molecule has 0 radical (unpaired) electrons. The smallest absolute Gasteiger partial charge is 0.126 e. The van der Waals surface area contributed by atoms with E-state index in [1.165, 1.54) is 6.07 Å². The van der Waals surface area contributed by atoms with Crippen molar-refractivity contribution in [2.75, 3.05) is 0 Å². The van der Waals surface area contributed by atoms with Crippen molar-refractivity contribution in [2.24, 2.45) is 0 Å². The lowest BCUT2D eigenvalue weighted by Gasteiger charge is -2.10. The van der Waals surface area contributed by atoms with Gasteiger partial charge < -0.3 is 5.11 Å². The van der Waals surface area contributed by atoms with E-state index in [2.05, 4.69) is 4.98 Å². The summed E-state index contributed by atoms with van der Waals surface area (Å²) in [6.07, 6.45) is 3.26. The monoisotopic (exact) mass is 217 g/mol. The van der Waals surface area contributed by atoms with Crippen molar-refractivity contribution in [2.45, 2.75) is 13.5 Å². The highest BCUT2D eigenvalue weighted by molar-refractivity contribution is 5.69. The van der Waals surface area contributed by atoms with Gasteiger partial charge in [-0.3, -0.25) is 4.98 Å². The Hall–Kier alpha value is -1.74. The topological polar surface area (TPSA) is 33.1 Å². The van der Waals surface area contributed by atoms with E-state index in [1.54, 1.807) is 31.5 Å². The van der Waals surface area contributed by atoms with Crippen molar-refractivity contribution < 1.29 is 9.50 Å². The van der Waals surface area contributed by atoms with Gasteiger partial charge in [0.05, 0.1) is 6.61 Å². The Bertz CT molecular complexity index is 511. The van der Waals surface area contributed by atoms with Gasteiger partial charge in [-0.05, 0) is 35.7 Å². The highest BCUT2D eigenvalue weighted by Crippen LogP contribution is 2.27. The maximum atomic E-state index is 13.4. The summed E-state index contributed by atoms with van der Waals surface area (Å²) in [5.41, 5.74) is 2.88. The second-order valence-electron chi connectivity index (χ2n) is 3.60. The minimum Gasteiger partial charge on any atom is -0.392 e. The highest BCUT2D eigenvalue weighted by atomic mass is 19.1. The molecule has 0 fully saturated rings. The molecule has 2 nitrogen and oxygen atoms in total. The molecule has 0 aliphatic rings. The molecule has 0 bridgehead atoms. The van der Waals surface area contributed by atoms with Crippen LogP contribution in [0, 0.1) is 12.7 Å². The quantitative estimate of drug-likeness (QED) is 0.839. The number of hydrogen-bond donors (Lipinski definition) is 1. The number of nitrogens with zero attached hydrogens (tertiary/aromatic N) is 1. The molecule has 0 spiro atoms. The third-order valence-corrected chi connectivity index (χ3v) is 2.64. The number of aliphatic hydroxyl groups is 1. The maximum absolute atomic E-state index is 13.4. The Morgan fingerprint density at radius 1 is 1.25 bits per heavy atom. The lowest BCUT2D eigenvalue weighted by Crippen LogP contribution is -1.94. The first kappa shape index (κ1) is 10.8.